The molecule has 0 saturated carbocycles. The summed E-state index contributed by atoms with van der Waals surface area (Å²) >= 11 is 0. The molecular weight excluding hydrogens is 214 g/mol. The smallest absolute Gasteiger partial charge is 0.410 e. The standard InChI is InChI=1S/C14H15NO2/c1-17-14(16)15-11-5-8-13(15)10-9-12-6-3-2-4-7-12/h2-4,6-7,13H,5,8,11H2,1H3. The molecule has 0 N–H and O–H groups in total. The van der Waals surface area contributed by atoms with Crippen molar-refractivity contribution in [1.29, 1.82) is 0 Å². The molecule has 3 heteroatoms. The first-order valence-corrected chi connectivity index (χ1v) is 5.72. The molecule has 0 radical (unpaired) electrons. The molecule has 1 amide bonds. The Hall–Kier alpha value is -1.95. The van der Waals surface area contributed by atoms with Crippen molar-refractivity contribution in [3.8, 4) is 11.8 Å². The molecule has 3 nitrogen and oxygen atoms in total. The minimum absolute atomic E-state index is 0.0114. The Labute approximate surface area is 101 Å². The number of methoxy groups -OCH3 is 1. The quantitative estimate of drug-likeness (QED) is 0.639. The summed E-state index contributed by atoms with van der Waals surface area (Å²) in [7, 11) is 1.41. The molecule has 0 aromatic heterocycles. The number of rotatable bonds is 0. The largest absolute Gasteiger partial charge is 0.453 e. The molecule has 0 spiro atoms. The van der Waals surface area contributed by atoms with E-state index < -0.39 is 0 Å². The number of carbonyl (C=O) groups is 1. The van der Waals surface area contributed by atoms with Gasteiger partial charge < -0.3 is 4.74 Å². The van der Waals surface area contributed by atoms with Crippen LogP contribution in [0.1, 0.15) is 18.4 Å². The highest BCUT2D eigenvalue weighted by Gasteiger charge is 2.27. The molecule has 17 heavy (non-hydrogen) atoms. The van der Waals surface area contributed by atoms with Gasteiger partial charge in [0, 0.05) is 12.1 Å². The van der Waals surface area contributed by atoms with E-state index in [2.05, 4.69) is 11.8 Å². The fourth-order valence-electron chi connectivity index (χ4n) is 1.94. The molecule has 1 atom stereocenters. The maximum atomic E-state index is 11.5. The van der Waals surface area contributed by atoms with E-state index in [1.807, 2.05) is 30.3 Å². The molecule has 2 rings (SSSR count). The minimum atomic E-state index is -0.283. The molecule has 0 bridgehead atoms. The van der Waals surface area contributed by atoms with Gasteiger partial charge in [-0.1, -0.05) is 30.0 Å². The monoisotopic (exact) mass is 229 g/mol. The van der Waals surface area contributed by atoms with E-state index in [9.17, 15) is 4.79 Å². The Balaban J connectivity index is 2.08. The van der Waals surface area contributed by atoms with Crippen LogP contribution in [0.4, 0.5) is 4.79 Å². The first kappa shape index (κ1) is 11.5. The zero-order valence-corrected chi connectivity index (χ0v) is 9.85. The summed E-state index contributed by atoms with van der Waals surface area (Å²) in [6.45, 7) is 0.737. The second-order valence-corrected chi connectivity index (χ2v) is 3.96. The van der Waals surface area contributed by atoms with Crippen molar-refractivity contribution in [3.05, 3.63) is 35.9 Å². The summed E-state index contributed by atoms with van der Waals surface area (Å²) in [5.74, 6) is 6.23. The van der Waals surface area contributed by atoms with Crippen molar-refractivity contribution in [2.45, 2.75) is 18.9 Å². The summed E-state index contributed by atoms with van der Waals surface area (Å²) in [6, 6.07) is 9.78. The van der Waals surface area contributed by atoms with E-state index in [4.69, 9.17) is 4.74 Å². The van der Waals surface area contributed by atoms with Crippen LogP contribution in [0.15, 0.2) is 30.3 Å². The van der Waals surface area contributed by atoms with Crippen LogP contribution in [-0.2, 0) is 4.74 Å². The summed E-state index contributed by atoms with van der Waals surface area (Å²) < 4.78 is 4.74. The molecule has 1 aromatic carbocycles. The predicted octanol–water partition coefficient (Wildman–Crippen LogP) is 2.27. The van der Waals surface area contributed by atoms with Crippen LogP contribution in [0.25, 0.3) is 0 Å². The Morgan fingerprint density at radius 3 is 2.88 bits per heavy atom. The zero-order chi connectivity index (χ0) is 12.1. The molecular formula is C14H15NO2. The first-order valence-electron chi connectivity index (χ1n) is 5.72. The number of likely N-dealkylation sites (tertiary alicyclic amines) is 1. The van der Waals surface area contributed by atoms with Crippen LogP contribution < -0.4 is 0 Å². The van der Waals surface area contributed by atoms with Crippen LogP contribution >= 0.6 is 0 Å². The van der Waals surface area contributed by atoms with Crippen molar-refractivity contribution >= 4 is 6.09 Å². The third-order valence-electron chi connectivity index (χ3n) is 2.82. The summed E-state index contributed by atoms with van der Waals surface area (Å²) in [5.41, 5.74) is 0.976. The van der Waals surface area contributed by atoms with Crippen LogP contribution in [0.5, 0.6) is 0 Å². The molecule has 1 saturated heterocycles. The molecule has 0 aliphatic carbocycles. The molecule has 1 unspecified atom stereocenters. The van der Waals surface area contributed by atoms with E-state index in [0.29, 0.717) is 0 Å². The number of carbonyl (C=O) groups excluding carboxylic acids is 1. The fourth-order valence-corrected chi connectivity index (χ4v) is 1.94. The van der Waals surface area contributed by atoms with Crippen molar-refractivity contribution in [3.63, 3.8) is 0 Å². The number of ether oxygens (including phenoxy) is 1. The van der Waals surface area contributed by atoms with Crippen LogP contribution in [0, 0.1) is 11.8 Å². The molecule has 1 aliphatic rings. The average molecular weight is 229 g/mol. The van der Waals surface area contributed by atoms with Gasteiger partial charge in [-0.15, -0.1) is 0 Å². The molecule has 1 aliphatic heterocycles. The highest BCUT2D eigenvalue weighted by molar-refractivity contribution is 5.68. The molecule has 88 valence electrons. The maximum Gasteiger partial charge on any atom is 0.410 e. The molecule has 1 aromatic rings. The lowest BCUT2D eigenvalue weighted by Crippen LogP contribution is -2.34. The van der Waals surface area contributed by atoms with Gasteiger partial charge in [-0.3, -0.25) is 4.90 Å². The van der Waals surface area contributed by atoms with Crippen LogP contribution in [-0.4, -0.2) is 30.7 Å². The van der Waals surface area contributed by atoms with E-state index >= 15 is 0 Å². The van der Waals surface area contributed by atoms with E-state index in [0.717, 1.165) is 24.9 Å². The topological polar surface area (TPSA) is 29.5 Å². The predicted molar refractivity (Wildman–Crippen MR) is 65.5 cm³/mol. The number of hydrogen-bond acceptors (Lipinski definition) is 2. The van der Waals surface area contributed by atoms with Crippen molar-refractivity contribution in [2.24, 2.45) is 0 Å². The summed E-state index contributed by atoms with van der Waals surface area (Å²) in [4.78, 5) is 13.2. The lowest BCUT2D eigenvalue weighted by molar-refractivity contribution is 0.126. The van der Waals surface area contributed by atoms with Gasteiger partial charge in [0.15, 0.2) is 0 Å². The van der Waals surface area contributed by atoms with Gasteiger partial charge in [-0.25, -0.2) is 4.79 Å². The summed E-state index contributed by atoms with van der Waals surface area (Å²) in [5, 5.41) is 0. The highest BCUT2D eigenvalue weighted by Crippen LogP contribution is 2.17. The van der Waals surface area contributed by atoms with Gasteiger partial charge in [0.1, 0.15) is 0 Å². The van der Waals surface area contributed by atoms with Gasteiger partial charge in [0.2, 0.25) is 0 Å². The van der Waals surface area contributed by atoms with Crippen LogP contribution in [0.3, 0.4) is 0 Å². The Morgan fingerprint density at radius 2 is 2.18 bits per heavy atom. The Bertz CT molecular complexity index is 444. The SMILES string of the molecule is COC(=O)N1CCCC1C#Cc1ccccc1. The molecule has 1 heterocycles. The van der Waals surface area contributed by atoms with Crippen molar-refractivity contribution in [1.82, 2.24) is 4.90 Å². The lowest BCUT2D eigenvalue weighted by atomic mass is 10.2. The van der Waals surface area contributed by atoms with E-state index in [1.54, 1.807) is 4.90 Å². The molecule has 1 fully saturated rings. The first-order chi connectivity index (χ1) is 8.31. The van der Waals surface area contributed by atoms with Gasteiger partial charge in [-0.2, -0.15) is 0 Å². The van der Waals surface area contributed by atoms with Gasteiger partial charge in [0.05, 0.1) is 13.2 Å². The third-order valence-corrected chi connectivity index (χ3v) is 2.82. The van der Waals surface area contributed by atoms with Gasteiger partial charge >= 0.3 is 6.09 Å². The normalized spacial score (nSPS) is 18.4. The Kier molecular flexibility index (Phi) is 3.66. The minimum Gasteiger partial charge on any atom is -0.453 e. The summed E-state index contributed by atoms with van der Waals surface area (Å²) in [6.07, 6.45) is 1.63. The van der Waals surface area contributed by atoms with E-state index in [1.165, 1.54) is 7.11 Å². The van der Waals surface area contributed by atoms with Crippen molar-refractivity contribution in [2.75, 3.05) is 13.7 Å². The Morgan fingerprint density at radius 1 is 1.41 bits per heavy atom. The van der Waals surface area contributed by atoms with Gasteiger partial charge in [-0.05, 0) is 25.0 Å². The highest BCUT2D eigenvalue weighted by atomic mass is 16.5. The number of amides is 1. The number of hydrogen-bond donors (Lipinski definition) is 0. The number of benzene rings is 1. The van der Waals surface area contributed by atoms with Crippen molar-refractivity contribution < 1.29 is 9.53 Å². The fraction of sp³-hybridized carbons (Fsp3) is 0.357. The second kappa shape index (κ2) is 5.40. The van der Waals surface area contributed by atoms with Crippen LogP contribution in [0.2, 0.25) is 0 Å². The van der Waals surface area contributed by atoms with E-state index in [-0.39, 0.29) is 12.1 Å². The maximum absolute atomic E-state index is 11.5. The third kappa shape index (κ3) is 2.79. The van der Waals surface area contributed by atoms with Gasteiger partial charge in [0.25, 0.3) is 0 Å². The lowest BCUT2D eigenvalue weighted by Gasteiger charge is -2.18. The zero-order valence-electron chi connectivity index (χ0n) is 9.85. The second-order valence-electron chi connectivity index (χ2n) is 3.96. The number of nitrogens with zero attached hydrogens (tertiary/aromatic N) is 1. The average Bonchev–Trinajstić information content (AvgIpc) is 2.85.